The Bertz CT molecular complexity index is 993. The predicted octanol–water partition coefficient (Wildman–Crippen LogP) is 5.67. The van der Waals surface area contributed by atoms with Crippen molar-refractivity contribution in [3.8, 4) is 0 Å². The van der Waals surface area contributed by atoms with E-state index >= 15 is 0 Å². The van der Waals surface area contributed by atoms with Gasteiger partial charge in [-0.2, -0.15) is 0 Å². The molecule has 0 unspecified atom stereocenters. The lowest BCUT2D eigenvalue weighted by molar-refractivity contribution is 0.00578. The number of amides is 1. The molecular weight excluding hydrogens is 424 g/mol. The first-order valence-corrected chi connectivity index (χ1v) is 12.2. The summed E-state index contributed by atoms with van der Waals surface area (Å²) in [6.45, 7) is 19.1. The molecule has 0 spiro atoms. The van der Waals surface area contributed by atoms with E-state index in [-0.39, 0.29) is 23.7 Å². The third-order valence-electron chi connectivity index (χ3n) is 6.35. The van der Waals surface area contributed by atoms with Crippen molar-refractivity contribution in [3.63, 3.8) is 0 Å². The second-order valence-electron chi connectivity index (χ2n) is 10.3. The van der Waals surface area contributed by atoms with Gasteiger partial charge in [-0.1, -0.05) is 46.8 Å². The zero-order valence-corrected chi connectivity index (χ0v) is 21.6. The molecule has 1 amide bonds. The van der Waals surface area contributed by atoms with Gasteiger partial charge in [-0.05, 0) is 56.3 Å². The molecule has 3 heterocycles. The minimum Gasteiger partial charge on any atom is -0.399 e. The smallest absolute Gasteiger partial charge is 0.399 e. The molecule has 1 aromatic heterocycles. The second kappa shape index (κ2) is 8.58. The maximum absolute atomic E-state index is 14.9. The quantitative estimate of drug-likeness (QED) is 0.556. The Morgan fingerprint density at radius 3 is 2.19 bits per heavy atom. The van der Waals surface area contributed by atoms with Gasteiger partial charge in [-0.25, -0.2) is 4.39 Å². The van der Waals surface area contributed by atoms with Crippen molar-refractivity contribution < 1.29 is 18.5 Å². The van der Waals surface area contributed by atoms with E-state index in [1.54, 1.807) is 22.3 Å². The van der Waals surface area contributed by atoms with E-state index in [4.69, 9.17) is 9.31 Å². The second-order valence-corrected chi connectivity index (χ2v) is 11.4. The molecule has 0 bridgehead atoms. The molecule has 2 aliphatic heterocycles. The highest BCUT2D eigenvalue weighted by molar-refractivity contribution is 7.14. The van der Waals surface area contributed by atoms with Crippen LogP contribution in [0.1, 0.15) is 88.0 Å². The van der Waals surface area contributed by atoms with E-state index in [0.717, 1.165) is 10.4 Å². The minimum absolute atomic E-state index is 0.0139. The Balaban J connectivity index is 0.00000141. The van der Waals surface area contributed by atoms with Gasteiger partial charge in [0.2, 0.25) is 0 Å². The summed E-state index contributed by atoms with van der Waals surface area (Å²) >= 11 is 1.56. The number of nitrogens with zero attached hydrogens (tertiary/aromatic N) is 1. The van der Waals surface area contributed by atoms with Crippen molar-refractivity contribution in [2.45, 2.75) is 92.0 Å². The Morgan fingerprint density at radius 2 is 1.69 bits per heavy atom. The molecule has 32 heavy (non-hydrogen) atoms. The van der Waals surface area contributed by atoms with Gasteiger partial charge in [0.15, 0.2) is 0 Å². The number of halogens is 1. The summed E-state index contributed by atoms with van der Waals surface area (Å²) in [5, 5.41) is 0. The number of carbonyl (C=O) groups excluding carboxylic acids is 1. The first-order chi connectivity index (χ1) is 14.8. The van der Waals surface area contributed by atoms with Crippen LogP contribution in [0.15, 0.2) is 24.3 Å². The Kier molecular flexibility index (Phi) is 6.69. The Labute approximate surface area is 196 Å². The summed E-state index contributed by atoms with van der Waals surface area (Å²) in [6, 6.07) is 7.14. The number of fused-ring (bicyclic) bond motifs is 1. The van der Waals surface area contributed by atoms with Crippen molar-refractivity contribution >= 4 is 29.8 Å². The largest absolute Gasteiger partial charge is 0.494 e. The third kappa shape index (κ3) is 4.52. The van der Waals surface area contributed by atoms with Gasteiger partial charge in [0.25, 0.3) is 5.91 Å². The van der Waals surface area contributed by atoms with E-state index in [0.29, 0.717) is 17.6 Å². The summed E-state index contributed by atoms with van der Waals surface area (Å²) in [6.07, 6.45) is 0. The van der Waals surface area contributed by atoms with Gasteiger partial charge >= 0.3 is 7.12 Å². The van der Waals surface area contributed by atoms with E-state index < -0.39 is 18.3 Å². The summed E-state index contributed by atoms with van der Waals surface area (Å²) in [5.41, 5.74) is 1.27. The zero-order valence-electron chi connectivity index (χ0n) is 20.8. The summed E-state index contributed by atoms with van der Waals surface area (Å²) < 4.78 is 26.9. The van der Waals surface area contributed by atoms with E-state index in [1.807, 2.05) is 47.6 Å². The molecule has 174 valence electrons. The molecule has 1 aromatic carbocycles. The van der Waals surface area contributed by atoms with Gasteiger partial charge in [0.05, 0.1) is 16.1 Å². The molecule has 7 heteroatoms. The van der Waals surface area contributed by atoms with Crippen LogP contribution < -0.4 is 5.46 Å². The third-order valence-corrected chi connectivity index (χ3v) is 7.95. The average Bonchev–Trinajstić information content (AvgIpc) is 3.30. The Morgan fingerprint density at radius 1 is 1.09 bits per heavy atom. The standard InChI is InChI=1S/C23H29BFNO3S.C2H6/c1-21(2,3)18-10-15-13-26(20(27)19(15)30-18)12-14-8-9-16(11-17(14)25)24-28-22(4,5)23(6,7)29-24;1-2/h8-11H,12-13H2,1-7H3;1-2H3. The number of carbonyl (C=O) groups is 1. The van der Waals surface area contributed by atoms with Gasteiger partial charge in [-0.15, -0.1) is 11.3 Å². The van der Waals surface area contributed by atoms with Crippen molar-refractivity contribution in [2.24, 2.45) is 0 Å². The first kappa shape index (κ1) is 24.9. The molecule has 2 aromatic rings. The lowest BCUT2D eigenvalue weighted by Gasteiger charge is -2.32. The molecule has 1 fully saturated rings. The molecule has 1 saturated heterocycles. The first-order valence-electron chi connectivity index (χ1n) is 11.3. The van der Waals surface area contributed by atoms with E-state index in [2.05, 4.69) is 26.8 Å². The number of thiophene rings is 1. The normalized spacial score (nSPS) is 19.1. The van der Waals surface area contributed by atoms with Crippen LogP contribution in [0.3, 0.4) is 0 Å². The van der Waals surface area contributed by atoms with Crippen molar-refractivity contribution in [1.29, 1.82) is 0 Å². The van der Waals surface area contributed by atoms with Crippen LogP contribution >= 0.6 is 11.3 Å². The topological polar surface area (TPSA) is 38.8 Å². The van der Waals surface area contributed by atoms with Gasteiger partial charge in [-0.3, -0.25) is 4.79 Å². The van der Waals surface area contributed by atoms with Crippen LogP contribution in [0, 0.1) is 5.82 Å². The molecule has 0 N–H and O–H groups in total. The monoisotopic (exact) mass is 459 g/mol. The van der Waals surface area contributed by atoms with Crippen LogP contribution in [0.5, 0.6) is 0 Å². The molecule has 0 aliphatic carbocycles. The van der Waals surface area contributed by atoms with E-state index in [9.17, 15) is 9.18 Å². The van der Waals surface area contributed by atoms with Gasteiger partial charge in [0.1, 0.15) is 5.82 Å². The maximum Gasteiger partial charge on any atom is 0.494 e. The van der Waals surface area contributed by atoms with Crippen LogP contribution in [0.25, 0.3) is 0 Å². The fraction of sp³-hybridized carbons (Fsp3) is 0.560. The molecule has 4 nitrogen and oxygen atoms in total. The predicted molar refractivity (Wildman–Crippen MR) is 130 cm³/mol. The summed E-state index contributed by atoms with van der Waals surface area (Å²) in [5.74, 6) is -0.361. The zero-order chi connectivity index (χ0) is 24.1. The molecule has 2 aliphatic rings. The highest BCUT2D eigenvalue weighted by Crippen LogP contribution is 2.38. The Hall–Kier alpha value is -1.70. The fourth-order valence-corrected chi connectivity index (χ4v) is 4.87. The number of hydrogen-bond donors (Lipinski definition) is 0. The van der Waals surface area contributed by atoms with Crippen molar-refractivity contribution in [3.05, 3.63) is 51.0 Å². The lowest BCUT2D eigenvalue weighted by atomic mass is 9.78. The number of rotatable bonds is 3. The molecule has 0 atom stereocenters. The van der Waals surface area contributed by atoms with Crippen molar-refractivity contribution in [1.82, 2.24) is 4.90 Å². The highest BCUT2D eigenvalue weighted by Gasteiger charge is 2.51. The molecule has 0 radical (unpaired) electrons. The fourth-order valence-electron chi connectivity index (χ4n) is 3.67. The minimum atomic E-state index is -0.602. The maximum atomic E-state index is 14.9. The molecule has 4 rings (SSSR count). The van der Waals surface area contributed by atoms with Crippen LogP contribution in [-0.2, 0) is 27.8 Å². The van der Waals surface area contributed by atoms with Crippen LogP contribution in [0.4, 0.5) is 4.39 Å². The SMILES string of the molecule is CC.CC(C)(C)c1cc2c(s1)C(=O)N(Cc1ccc(B3OC(C)(C)C(C)(C)O3)cc1F)C2. The van der Waals surface area contributed by atoms with Crippen LogP contribution in [0.2, 0.25) is 0 Å². The van der Waals surface area contributed by atoms with Crippen LogP contribution in [-0.4, -0.2) is 29.1 Å². The lowest BCUT2D eigenvalue weighted by Crippen LogP contribution is -2.41. The van der Waals surface area contributed by atoms with Gasteiger partial charge in [0, 0.05) is 23.5 Å². The van der Waals surface area contributed by atoms with Crippen molar-refractivity contribution in [2.75, 3.05) is 0 Å². The summed E-state index contributed by atoms with van der Waals surface area (Å²) in [4.78, 5) is 16.5. The number of benzene rings is 1. The summed E-state index contributed by atoms with van der Waals surface area (Å²) in [7, 11) is -0.602. The average molecular weight is 459 g/mol. The highest BCUT2D eigenvalue weighted by atomic mass is 32.1. The number of hydrogen-bond acceptors (Lipinski definition) is 4. The van der Waals surface area contributed by atoms with Gasteiger partial charge < -0.3 is 14.2 Å². The molecular formula is C25H35BFNO3S. The van der Waals surface area contributed by atoms with E-state index in [1.165, 1.54) is 10.9 Å². The molecule has 0 saturated carbocycles.